The van der Waals surface area contributed by atoms with Crippen molar-refractivity contribution in [2.45, 2.75) is 25.7 Å². The zero-order valence-corrected chi connectivity index (χ0v) is 9.00. The molecule has 8 heteroatoms. The normalized spacial score (nSPS) is 9.88. The number of carboxylic acid groups (broad SMARTS) is 2. The molecule has 94 valence electrons. The van der Waals surface area contributed by atoms with E-state index in [0.717, 1.165) is 22.9 Å². The maximum atomic E-state index is 10.3. The van der Waals surface area contributed by atoms with Crippen LogP contribution in [0.3, 0.4) is 0 Å². The zero-order valence-electron chi connectivity index (χ0n) is 9.00. The van der Waals surface area contributed by atoms with Gasteiger partial charge in [0, 0.05) is 13.1 Å². The minimum atomic E-state index is -1.15. The predicted molar refractivity (Wildman–Crippen MR) is 56.3 cm³/mol. The Bertz CT molecular complexity index is 212. The Kier molecular flexibility index (Phi) is 6.97. The molecule has 0 atom stereocenters. The lowest BCUT2D eigenvalue weighted by atomic mass is 10.2. The molecule has 0 aromatic rings. The lowest BCUT2D eigenvalue weighted by molar-refractivity contribution is 0.142. The third kappa shape index (κ3) is 6.85. The number of hydrogen-bond acceptors (Lipinski definition) is 4. The van der Waals surface area contributed by atoms with Crippen LogP contribution >= 0.6 is 0 Å². The van der Waals surface area contributed by atoms with Crippen LogP contribution in [-0.4, -0.2) is 45.5 Å². The van der Waals surface area contributed by atoms with E-state index in [1.807, 2.05) is 0 Å². The highest BCUT2D eigenvalue weighted by Crippen LogP contribution is 2.01. The maximum absolute atomic E-state index is 10.3. The molecule has 0 aliphatic carbocycles. The Hall–Kier alpha value is -1.54. The second-order valence-corrected chi connectivity index (χ2v) is 3.37. The van der Waals surface area contributed by atoms with Gasteiger partial charge >= 0.3 is 12.2 Å². The Morgan fingerprint density at radius 3 is 1.38 bits per heavy atom. The molecule has 0 fully saturated rings. The standard InChI is InChI=1S/C8H18N4O4/c9-11(7(13)14)5-3-1-2-4-6-12(10)8(15)16/h1-6,9-10H2,(H,13,14)(H,15,16). The minimum Gasteiger partial charge on any atom is -0.464 e. The van der Waals surface area contributed by atoms with Crippen molar-refractivity contribution in [3.63, 3.8) is 0 Å². The molecular weight excluding hydrogens is 216 g/mol. The lowest BCUT2D eigenvalue weighted by Crippen LogP contribution is -2.37. The molecule has 0 bridgehead atoms. The first-order valence-electron chi connectivity index (χ1n) is 4.95. The highest BCUT2D eigenvalue weighted by Gasteiger charge is 2.06. The summed E-state index contributed by atoms with van der Waals surface area (Å²) in [5.41, 5.74) is 0. The SMILES string of the molecule is NN(CCCCCCN(N)C(=O)O)C(=O)O. The van der Waals surface area contributed by atoms with Crippen LogP contribution < -0.4 is 11.7 Å². The summed E-state index contributed by atoms with van der Waals surface area (Å²) in [5.74, 6) is 10.3. The number of amides is 2. The van der Waals surface area contributed by atoms with Gasteiger partial charge in [0.05, 0.1) is 0 Å². The summed E-state index contributed by atoms with van der Waals surface area (Å²) in [6.07, 6.45) is 0.571. The lowest BCUT2D eigenvalue weighted by Gasteiger charge is -2.13. The van der Waals surface area contributed by atoms with Gasteiger partial charge in [-0.1, -0.05) is 12.8 Å². The predicted octanol–water partition coefficient (Wildman–Crippen LogP) is 0.254. The summed E-state index contributed by atoms with van der Waals surface area (Å²) in [6, 6.07) is 0. The van der Waals surface area contributed by atoms with Crippen molar-refractivity contribution in [3.05, 3.63) is 0 Å². The fourth-order valence-corrected chi connectivity index (χ4v) is 1.11. The van der Waals surface area contributed by atoms with Crippen molar-refractivity contribution >= 4 is 12.2 Å². The molecule has 0 aromatic carbocycles. The number of hydrogen-bond donors (Lipinski definition) is 4. The first kappa shape index (κ1) is 14.5. The van der Waals surface area contributed by atoms with E-state index in [9.17, 15) is 9.59 Å². The molecule has 0 aliphatic heterocycles. The van der Waals surface area contributed by atoms with Crippen LogP contribution in [-0.2, 0) is 0 Å². The second-order valence-electron chi connectivity index (χ2n) is 3.37. The topological polar surface area (TPSA) is 133 Å². The van der Waals surface area contributed by atoms with Gasteiger partial charge in [0.25, 0.3) is 0 Å². The third-order valence-electron chi connectivity index (χ3n) is 2.04. The molecule has 6 N–H and O–H groups in total. The Labute approximate surface area is 93.3 Å². The van der Waals surface area contributed by atoms with Crippen molar-refractivity contribution < 1.29 is 19.8 Å². The molecule has 0 saturated heterocycles. The van der Waals surface area contributed by atoms with Crippen LogP contribution in [0, 0.1) is 0 Å². The highest BCUT2D eigenvalue weighted by atomic mass is 16.4. The van der Waals surface area contributed by atoms with E-state index in [4.69, 9.17) is 21.9 Å². The van der Waals surface area contributed by atoms with Crippen molar-refractivity contribution in [1.82, 2.24) is 10.0 Å². The average Bonchev–Trinajstić information content (AvgIpc) is 2.21. The van der Waals surface area contributed by atoms with Crippen LogP contribution in [0.5, 0.6) is 0 Å². The van der Waals surface area contributed by atoms with Crippen molar-refractivity contribution in [2.24, 2.45) is 11.7 Å². The van der Waals surface area contributed by atoms with E-state index in [1.54, 1.807) is 0 Å². The van der Waals surface area contributed by atoms with Gasteiger partial charge in [0.2, 0.25) is 0 Å². The zero-order chi connectivity index (χ0) is 12.6. The summed E-state index contributed by atoms with van der Waals surface area (Å²) in [6.45, 7) is 0.557. The summed E-state index contributed by atoms with van der Waals surface area (Å²) in [7, 11) is 0. The van der Waals surface area contributed by atoms with Crippen molar-refractivity contribution in [3.8, 4) is 0 Å². The molecule has 0 rings (SSSR count). The van der Waals surface area contributed by atoms with E-state index in [0.29, 0.717) is 12.8 Å². The number of hydrazine groups is 2. The van der Waals surface area contributed by atoms with Gasteiger partial charge in [-0.3, -0.25) is 0 Å². The number of unbranched alkanes of at least 4 members (excludes halogenated alkanes) is 3. The summed E-state index contributed by atoms with van der Waals surface area (Å²) in [5, 5.41) is 18.3. The van der Waals surface area contributed by atoms with Gasteiger partial charge in [0.1, 0.15) is 0 Å². The molecule has 0 saturated carbocycles. The van der Waals surface area contributed by atoms with Gasteiger partial charge in [-0.2, -0.15) is 0 Å². The number of nitrogens with zero attached hydrogens (tertiary/aromatic N) is 2. The van der Waals surface area contributed by atoms with E-state index in [1.165, 1.54) is 0 Å². The van der Waals surface area contributed by atoms with Gasteiger partial charge in [-0.15, -0.1) is 0 Å². The first-order chi connectivity index (χ1) is 7.45. The average molecular weight is 234 g/mol. The fraction of sp³-hybridized carbons (Fsp3) is 0.750. The molecule has 0 unspecified atom stereocenters. The largest absolute Gasteiger partial charge is 0.464 e. The van der Waals surface area contributed by atoms with E-state index in [-0.39, 0.29) is 13.1 Å². The number of nitrogens with two attached hydrogens (primary N) is 2. The van der Waals surface area contributed by atoms with E-state index < -0.39 is 12.2 Å². The molecule has 0 aromatic heterocycles. The van der Waals surface area contributed by atoms with Gasteiger partial charge in [-0.05, 0) is 12.8 Å². The van der Waals surface area contributed by atoms with Crippen molar-refractivity contribution in [2.75, 3.05) is 13.1 Å². The van der Waals surface area contributed by atoms with Crippen LogP contribution in [0.15, 0.2) is 0 Å². The van der Waals surface area contributed by atoms with Gasteiger partial charge in [0.15, 0.2) is 0 Å². The summed E-state index contributed by atoms with van der Waals surface area (Å²) < 4.78 is 0. The first-order valence-corrected chi connectivity index (χ1v) is 4.95. The summed E-state index contributed by atoms with van der Waals surface area (Å²) >= 11 is 0. The highest BCUT2D eigenvalue weighted by molar-refractivity contribution is 5.64. The Morgan fingerprint density at radius 1 is 0.812 bits per heavy atom. The third-order valence-corrected chi connectivity index (χ3v) is 2.04. The molecule has 8 nitrogen and oxygen atoms in total. The second kappa shape index (κ2) is 7.71. The van der Waals surface area contributed by atoms with Gasteiger partial charge < -0.3 is 10.2 Å². The van der Waals surface area contributed by atoms with Crippen LogP contribution in [0.1, 0.15) is 25.7 Å². The summed E-state index contributed by atoms with van der Waals surface area (Å²) in [4.78, 5) is 20.6. The molecule has 16 heavy (non-hydrogen) atoms. The van der Waals surface area contributed by atoms with Crippen LogP contribution in [0.2, 0.25) is 0 Å². The van der Waals surface area contributed by atoms with Crippen molar-refractivity contribution in [1.29, 1.82) is 0 Å². The molecular formula is C8H18N4O4. The van der Waals surface area contributed by atoms with Crippen LogP contribution in [0.4, 0.5) is 9.59 Å². The number of carbonyl (C=O) groups is 2. The minimum absolute atomic E-state index is 0.278. The number of rotatable bonds is 7. The van der Waals surface area contributed by atoms with Crippen LogP contribution in [0.25, 0.3) is 0 Å². The van der Waals surface area contributed by atoms with Gasteiger partial charge in [-0.25, -0.2) is 31.3 Å². The Balaban J connectivity index is 3.34. The smallest absolute Gasteiger partial charge is 0.421 e. The maximum Gasteiger partial charge on any atom is 0.421 e. The fourth-order valence-electron chi connectivity index (χ4n) is 1.11. The molecule has 2 amide bonds. The monoisotopic (exact) mass is 234 g/mol. The quantitative estimate of drug-likeness (QED) is 0.216. The molecule has 0 radical (unpaired) electrons. The molecule has 0 aliphatic rings. The molecule has 0 heterocycles. The van der Waals surface area contributed by atoms with E-state index >= 15 is 0 Å². The molecule has 0 spiro atoms. The Morgan fingerprint density at radius 2 is 1.12 bits per heavy atom. The van der Waals surface area contributed by atoms with E-state index in [2.05, 4.69) is 0 Å².